The molecular weight excluding hydrogens is 394 g/mol. The quantitative estimate of drug-likeness (QED) is 0.441. The SMILES string of the molecule is CCc1ccccc1N1CCN(C(=O)c2cc(-c3ccccc3)nc3ccccc23)CC1. The number of nitrogens with zero attached hydrogens (tertiary/aromatic N) is 3. The van der Waals surface area contributed by atoms with E-state index in [1.165, 1.54) is 11.3 Å². The Hall–Kier alpha value is -3.66. The summed E-state index contributed by atoms with van der Waals surface area (Å²) in [7, 11) is 0. The number of pyridine rings is 1. The van der Waals surface area contributed by atoms with Gasteiger partial charge in [0.05, 0.1) is 16.8 Å². The zero-order valence-corrected chi connectivity index (χ0v) is 18.4. The van der Waals surface area contributed by atoms with Crippen molar-refractivity contribution in [2.24, 2.45) is 0 Å². The van der Waals surface area contributed by atoms with Gasteiger partial charge in [-0.05, 0) is 30.2 Å². The smallest absolute Gasteiger partial charge is 0.254 e. The van der Waals surface area contributed by atoms with E-state index in [9.17, 15) is 4.79 Å². The summed E-state index contributed by atoms with van der Waals surface area (Å²) in [6.45, 7) is 5.31. The van der Waals surface area contributed by atoms with Gasteiger partial charge >= 0.3 is 0 Å². The number of rotatable bonds is 4. The summed E-state index contributed by atoms with van der Waals surface area (Å²) < 4.78 is 0. The van der Waals surface area contributed by atoms with Crippen LogP contribution in [-0.2, 0) is 6.42 Å². The second-order valence-corrected chi connectivity index (χ2v) is 8.20. The molecule has 1 aromatic heterocycles. The molecule has 1 saturated heterocycles. The van der Waals surface area contributed by atoms with Crippen molar-refractivity contribution in [2.75, 3.05) is 31.1 Å². The molecule has 0 saturated carbocycles. The number of piperazine rings is 1. The standard InChI is InChI=1S/C28H27N3O/c1-2-21-10-6-9-15-27(21)30-16-18-31(19-17-30)28(32)24-20-26(22-11-4-3-5-12-22)29-25-14-8-7-13-23(24)25/h3-15,20H,2,16-19H2,1H3. The molecule has 160 valence electrons. The molecule has 2 heterocycles. The Morgan fingerprint density at radius 3 is 2.31 bits per heavy atom. The van der Waals surface area contributed by atoms with Gasteiger partial charge in [-0.25, -0.2) is 4.98 Å². The molecule has 1 amide bonds. The number of carbonyl (C=O) groups excluding carboxylic acids is 1. The first-order chi connectivity index (χ1) is 15.7. The molecule has 1 aliphatic rings. The van der Waals surface area contributed by atoms with Crippen molar-refractivity contribution in [1.82, 2.24) is 9.88 Å². The number of aryl methyl sites for hydroxylation is 1. The van der Waals surface area contributed by atoms with Crippen LogP contribution in [0.2, 0.25) is 0 Å². The average molecular weight is 422 g/mol. The Morgan fingerprint density at radius 1 is 0.844 bits per heavy atom. The van der Waals surface area contributed by atoms with Crippen LogP contribution in [-0.4, -0.2) is 42.0 Å². The average Bonchev–Trinajstić information content (AvgIpc) is 2.88. The summed E-state index contributed by atoms with van der Waals surface area (Å²) >= 11 is 0. The zero-order chi connectivity index (χ0) is 21.9. The molecule has 0 aliphatic carbocycles. The fraction of sp³-hybridized carbons (Fsp3) is 0.214. The lowest BCUT2D eigenvalue weighted by Crippen LogP contribution is -2.49. The van der Waals surface area contributed by atoms with Crippen molar-refractivity contribution in [1.29, 1.82) is 0 Å². The summed E-state index contributed by atoms with van der Waals surface area (Å²) in [6, 6.07) is 28.5. The molecular formula is C28H27N3O. The number of hydrogen-bond acceptors (Lipinski definition) is 3. The number of carbonyl (C=O) groups is 1. The second-order valence-electron chi connectivity index (χ2n) is 8.20. The maximum atomic E-state index is 13.6. The summed E-state index contributed by atoms with van der Waals surface area (Å²) in [5.74, 6) is 0.0872. The largest absolute Gasteiger partial charge is 0.368 e. The van der Waals surface area contributed by atoms with Crippen LogP contribution in [0.25, 0.3) is 22.2 Å². The molecule has 0 radical (unpaired) electrons. The van der Waals surface area contributed by atoms with E-state index in [1.807, 2.05) is 65.6 Å². The predicted octanol–water partition coefficient (Wildman–Crippen LogP) is 5.43. The second kappa shape index (κ2) is 8.83. The minimum Gasteiger partial charge on any atom is -0.368 e. The van der Waals surface area contributed by atoms with Gasteiger partial charge < -0.3 is 9.80 Å². The van der Waals surface area contributed by atoms with E-state index in [2.05, 4.69) is 36.1 Å². The van der Waals surface area contributed by atoms with E-state index in [0.717, 1.165) is 47.2 Å². The van der Waals surface area contributed by atoms with Crippen molar-refractivity contribution < 1.29 is 4.79 Å². The molecule has 32 heavy (non-hydrogen) atoms. The van der Waals surface area contributed by atoms with E-state index < -0.39 is 0 Å². The Kier molecular flexibility index (Phi) is 5.59. The minimum absolute atomic E-state index is 0.0872. The lowest BCUT2D eigenvalue weighted by Gasteiger charge is -2.37. The van der Waals surface area contributed by atoms with E-state index >= 15 is 0 Å². The first kappa shape index (κ1) is 20.3. The van der Waals surface area contributed by atoms with Gasteiger partial charge in [-0.1, -0.05) is 73.7 Å². The minimum atomic E-state index is 0.0872. The first-order valence-electron chi connectivity index (χ1n) is 11.3. The Balaban J connectivity index is 1.43. The summed E-state index contributed by atoms with van der Waals surface area (Å²) in [5.41, 5.74) is 6.10. The van der Waals surface area contributed by atoms with Crippen molar-refractivity contribution in [3.8, 4) is 11.3 Å². The van der Waals surface area contributed by atoms with Crippen LogP contribution in [0.1, 0.15) is 22.8 Å². The van der Waals surface area contributed by atoms with Gasteiger partial charge in [0.25, 0.3) is 5.91 Å². The molecule has 0 bridgehead atoms. The van der Waals surface area contributed by atoms with E-state index in [-0.39, 0.29) is 5.91 Å². The first-order valence-corrected chi connectivity index (χ1v) is 11.3. The number of amides is 1. The maximum Gasteiger partial charge on any atom is 0.254 e. The highest BCUT2D eigenvalue weighted by molar-refractivity contribution is 6.07. The highest BCUT2D eigenvalue weighted by Crippen LogP contribution is 2.27. The number of anilines is 1. The van der Waals surface area contributed by atoms with Crippen LogP contribution < -0.4 is 4.90 Å². The van der Waals surface area contributed by atoms with Crippen LogP contribution in [0, 0.1) is 0 Å². The van der Waals surface area contributed by atoms with Crippen LogP contribution in [0.15, 0.2) is 84.9 Å². The summed E-state index contributed by atoms with van der Waals surface area (Å²) in [4.78, 5) is 22.9. The lowest BCUT2D eigenvalue weighted by molar-refractivity contribution is 0.0748. The summed E-state index contributed by atoms with van der Waals surface area (Å²) in [5, 5.41) is 0.913. The topological polar surface area (TPSA) is 36.4 Å². The number of hydrogen-bond donors (Lipinski definition) is 0. The van der Waals surface area contributed by atoms with Crippen LogP contribution in [0.5, 0.6) is 0 Å². The van der Waals surface area contributed by atoms with Crippen LogP contribution in [0.3, 0.4) is 0 Å². The molecule has 0 unspecified atom stereocenters. The van der Waals surface area contributed by atoms with Gasteiger partial charge in [0.2, 0.25) is 0 Å². The molecule has 0 N–H and O–H groups in total. The van der Waals surface area contributed by atoms with E-state index in [1.54, 1.807) is 0 Å². The fourth-order valence-corrected chi connectivity index (χ4v) is 4.55. The molecule has 5 rings (SSSR count). The van der Waals surface area contributed by atoms with E-state index in [0.29, 0.717) is 13.1 Å². The monoisotopic (exact) mass is 421 g/mol. The van der Waals surface area contributed by atoms with Crippen molar-refractivity contribution in [3.63, 3.8) is 0 Å². The third-order valence-corrected chi connectivity index (χ3v) is 6.30. The molecule has 0 spiro atoms. The van der Waals surface area contributed by atoms with E-state index in [4.69, 9.17) is 4.98 Å². The van der Waals surface area contributed by atoms with Gasteiger partial charge in [0.15, 0.2) is 0 Å². The van der Waals surface area contributed by atoms with Gasteiger partial charge in [-0.15, -0.1) is 0 Å². The Bertz CT molecular complexity index is 1240. The molecule has 1 fully saturated rings. The molecule has 0 atom stereocenters. The van der Waals surface area contributed by atoms with Gasteiger partial charge in [0, 0.05) is 42.8 Å². The molecule has 4 nitrogen and oxygen atoms in total. The van der Waals surface area contributed by atoms with Crippen LogP contribution >= 0.6 is 0 Å². The Labute approximate surface area is 189 Å². The third kappa shape index (κ3) is 3.84. The third-order valence-electron chi connectivity index (χ3n) is 6.30. The molecule has 1 aliphatic heterocycles. The number of aromatic nitrogens is 1. The van der Waals surface area contributed by atoms with Crippen LogP contribution in [0.4, 0.5) is 5.69 Å². The van der Waals surface area contributed by atoms with Crippen molar-refractivity contribution in [3.05, 3.63) is 96.1 Å². The zero-order valence-electron chi connectivity index (χ0n) is 18.4. The highest BCUT2D eigenvalue weighted by Gasteiger charge is 2.25. The fourth-order valence-electron chi connectivity index (χ4n) is 4.55. The van der Waals surface area contributed by atoms with Gasteiger partial charge in [-0.3, -0.25) is 4.79 Å². The Morgan fingerprint density at radius 2 is 1.53 bits per heavy atom. The van der Waals surface area contributed by atoms with Gasteiger partial charge in [-0.2, -0.15) is 0 Å². The molecule has 4 aromatic rings. The summed E-state index contributed by atoms with van der Waals surface area (Å²) in [6.07, 6.45) is 1.01. The normalized spacial score (nSPS) is 14.0. The number of fused-ring (bicyclic) bond motifs is 1. The van der Waals surface area contributed by atoms with Crippen molar-refractivity contribution >= 4 is 22.5 Å². The molecule has 4 heteroatoms. The van der Waals surface area contributed by atoms with Gasteiger partial charge in [0.1, 0.15) is 0 Å². The molecule has 3 aromatic carbocycles. The lowest BCUT2D eigenvalue weighted by atomic mass is 10.0. The number of benzene rings is 3. The maximum absolute atomic E-state index is 13.6. The van der Waals surface area contributed by atoms with Crippen molar-refractivity contribution in [2.45, 2.75) is 13.3 Å². The predicted molar refractivity (Wildman–Crippen MR) is 131 cm³/mol. The highest BCUT2D eigenvalue weighted by atomic mass is 16.2. The number of para-hydroxylation sites is 2.